The largest absolute Gasteiger partial charge is 0.489 e. The lowest BCUT2D eigenvalue weighted by Gasteiger charge is -2.16. The van der Waals surface area contributed by atoms with E-state index in [2.05, 4.69) is 0 Å². The number of rotatable bonds is 5. The third-order valence-electron chi connectivity index (χ3n) is 3.17. The SMILES string of the molecule is CCC(N)c1ccccc1OCc1cccc(F)c1Cl. The van der Waals surface area contributed by atoms with E-state index in [1.807, 2.05) is 31.2 Å². The first-order chi connectivity index (χ1) is 9.63. The molecular weight excluding hydrogens is 277 g/mol. The minimum absolute atomic E-state index is 0.0748. The Balaban J connectivity index is 2.17. The quantitative estimate of drug-likeness (QED) is 0.883. The molecule has 0 aromatic heterocycles. The van der Waals surface area contributed by atoms with Crippen molar-refractivity contribution in [1.82, 2.24) is 0 Å². The predicted octanol–water partition coefficient (Wildman–Crippen LogP) is 4.47. The zero-order chi connectivity index (χ0) is 14.5. The van der Waals surface area contributed by atoms with Crippen LogP contribution < -0.4 is 10.5 Å². The monoisotopic (exact) mass is 293 g/mol. The Morgan fingerprint density at radius 1 is 1.20 bits per heavy atom. The van der Waals surface area contributed by atoms with Crippen LogP contribution in [0.4, 0.5) is 4.39 Å². The van der Waals surface area contributed by atoms with E-state index >= 15 is 0 Å². The molecule has 0 amide bonds. The number of hydrogen-bond acceptors (Lipinski definition) is 2. The fraction of sp³-hybridized carbons (Fsp3) is 0.250. The molecule has 0 spiro atoms. The maximum absolute atomic E-state index is 13.4. The smallest absolute Gasteiger partial charge is 0.142 e. The highest BCUT2D eigenvalue weighted by molar-refractivity contribution is 6.31. The highest BCUT2D eigenvalue weighted by Crippen LogP contribution is 2.27. The van der Waals surface area contributed by atoms with Crippen LogP contribution in [-0.4, -0.2) is 0 Å². The highest BCUT2D eigenvalue weighted by atomic mass is 35.5. The van der Waals surface area contributed by atoms with E-state index in [0.717, 1.165) is 12.0 Å². The van der Waals surface area contributed by atoms with Gasteiger partial charge in [0.2, 0.25) is 0 Å². The van der Waals surface area contributed by atoms with Gasteiger partial charge in [-0.3, -0.25) is 0 Å². The van der Waals surface area contributed by atoms with Crippen molar-refractivity contribution in [3.05, 3.63) is 64.4 Å². The van der Waals surface area contributed by atoms with E-state index in [9.17, 15) is 4.39 Å². The molecule has 0 aliphatic rings. The van der Waals surface area contributed by atoms with Gasteiger partial charge in [-0.15, -0.1) is 0 Å². The lowest BCUT2D eigenvalue weighted by Crippen LogP contribution is -2.11. The summed E-state index contributed by atoms with van der Waals surface area (Å²) in [5.41, 5.74) is 7.62. The van der Waals surface area contributed by atoms with Crippen LogP contribution in [0.1, 0.15) is 30.5 Å². The Labute approximate surface area is 123 Å². The first-order valence-corrected chi connectivity index (χ1v) is 6.91. The summed E-state index contributed by atoms with van der Waals surface area (Å²) < 4.78 is 19.1. The molecule has 2 aromatic rings. The molecule has 0 radical (unpaired) electrons. The summed E-state index contributed by atoms with van der Waals surface area (Å²) in [5.74, 6) is 0.272. The Kier molecular flexibility index (Phi) is 4.99. The molecule has 1 unspecified atom stereocenters. The van der Waals surface area contributed by atoms with Crippen molar-refractivity contribution in [3.63, 3.8) is 0 Å². The molecular formula is C16H17ClFNO. The van der Waals surface area contributed by atoms with Crippen LogP contribution in [0.5, 0.6) is 5.75 Å². The number of para-hydroxylation sites is 1. The summed E-state index contributed by atoms with van der Waals surface area (Å²) >= 11 is 5.91. The lowest BCUT2D eigenvalue weighted by atomic mass is 10.0. The van der Waals surface area contributed by atoms with E-state index in [4.69, 9.17) is 22.1 Å². The van der Waals surface area contributed by atoms with Crippen LogP contribution >= 0.6 is 11.6 Å². The average Bonchev–Trinajstić information content (AvgIpc) is 2.48. The van der Waals surface area contributed by atoms with E-state index in [0.29, 0.717) is 11.3 Å². The number of benzene rings is 2. The zero-order valence-corrected chi connectivity index (χ0v) is 12.0. The second kappa shape index (κ2) is 6.73. The van der Waals surface area contributed by atoms with Gasteiger partial charge < -0.3 is 10.5 Å². The summed E-state index contributed by atoms with van der Waals surface area (Å²) in [6.45, 7) is 2.23. The van der Waals surface area contributed by atoms with Gasteiger partial charge >= 0.3 is 0 Å². The molecule has 1 atom stereocenters. The maximum Gasteiger partial charge on any atom is 0.142 e. The molecule has 2 rings (SSSR count). The third-order valence-corrected chi connectivity index (χ3v) is 3.60. The van der Waals surface area contributed by atoms with Crippen LogP contribution in [0, 0.1) is 5.82 Å². The summed E-state index contributed by atoms with van der Waals surface area (Å²) in [6.07, 6.45) is 0.821. The standard InChI is InChI=1S/C16H17ClFNO/c1-2-14(19)12-7-3-4-9-15(12)20-10-11-6-5-8-13(18)16(11)17/h3-9,14H,2,10,19H2,1H3. The van der Waals surface area contributed by atoms with Crippen molar-refractivity contribution >= 4 is 11.6 Å². The molecule has 0 heterocycles. The van der Waals surface area contributed by atoms with Crippen molar-refractivity contribution in [3.8, 4) is 5.75 Å². The first kappa shape index (κ1) is 14.8. The summed E-state index contributed by atoms with van der Waals surface area (Å²) in [6, 6.07) is 12.2. The third kappa shape index (κ3) is 3.30. The van der Waals surface area contributed by atoms with Gasteiger partial charge in [-0.25, -0.2) is 4.39 Å². The Morgan fingerprint density at radius 3 is 2.70 bits per heavy atom. The molecule has 0 fully saturated rings. The zero-order valence-electron chi connectivity index (χ0n) is 11.3. The molecule has 0 aliphatic carbocycles. The van der Waals surface area contributed by atoms with Crippen molar-refractivity contribution < 1.29 is 9.13 Å². The number of ether oxygens (including phenoxy) is 1. The van der Waals surface area contributed by atoms with Gasteiger partial charge in [0, 0.05) is 17.2 Å². The molecule has 4 heteroatoms. The minimum atomic E-state index is -0.439. The van der Waals surface area contributed by atoms with Gasteiger partial charge in [0.05, 0.1) is 5.02 Å². The second-order valence-electron chi connectivity index (χ2n) is 4.55. The highest BCUT2D eigenvalue weighted by Gasteiger charge is 2.11. The second-order valence-corrected chi connectivity index (χ2v) is 4.93. The van der Waals surface area contributed by atoms with Crippen LogP contribution in [0.15, 0.2) is 42.5 Å². The van der Waals surface area contributed by atoms with Crippen molar-refractivity contribution in [1.29, 1.82) is 0 Å². The molecule has 2 nitrogen and oxygen atoms in total. The van der Waals surface area contributed by atoms with Crippen molar-refractivity contribution in [2.75, 3.05) is 0 Å². The van der Waals surface area contributed by atoms with Gasteiger partial charge in [0.15, 0.2) is 0 Å². The Morgan fingerprint density at radius 2 is 1.95 bits per heavy atom. The summed E-state index contributed by atoms with van der Waals surface area (Å²) in [4.78, 5) is 0. The molecule has 2 N–H and O–H groups in total. The molecule has 2 aromatic carbocycles. The maximum atomic E-state index is 13.4. The van der Waals surface area contributed by atoms with Gasteiger partial charge in [-0.2, -0.15) is 0 Å². The first-order valence-electron chi connectivity index (χ1n) is 6.53. The van der Waals surface area contributed by atoms with Gasteiger partial charge in [-0.1, -0.05) is 48.9 Å². The number of hydrogen-bond donors (Lipinski definition) is 1. The number of halogens is 2. The van der Waals surface area contributed by atoms with Gasteiger partial charge in [-0.05, 0) is 18.6 Å². The Hall–Kier alpha value is -1.58. The molecule has 106 valence electrons. The van der Waals surface area contributed by atoms with Crippen molar-refractivity contribution in [2.45, 2.75) is 26.0 Å². The fourth-order valence-electron chi connectivity index (χ4n) is 1.95. The normalized spacial score (nSPS) is 12.2. The van der Waals surface area contributed by atoms with E-state index < -0.39 is 5.82 Å². The summed E-state index contributed by atoms with van der Waals surface area (Å²) in [5, 5.41) is 0.102. The molecule has 0 saturated heterocycles. The van der Waals surface area contributed by atoms with Crippen LogP contribution in [-0.2, 0) is 6.61 Å². The fourth-order valence-corrected chi connectivity index (χ4v) is 2.13. The topological polar surface area (TPSA) is 35.2 Å². The van der Waals surface area contributed by atoms with Crippen LogP contribution in [0.2, 0.25) is 5.02 Å². The predicted molar refractivity (Wildman–Crippen MR) is 79.4 cm³/mol. The lowest BCUT2D eigenvalue weighted by molar-refractivity contribution is 0.300. The van der Waals surface area contributed by atoms with Crippen molar-refractivity contribution in [2.24, 2.45) is 5.73 Å². The minimum Gasteiger partial charge on any atom is -0.489 e. The van der Waals surface area contributed by atoms with Gasteiger partial charge in [0.25, 0.3) is 0 Å². The van der Waals surface area contributed by atoms with Crippen LogP contribution in [0.25, 0.3) is 0 Å². The molecule has 0 aliphatic heterocycles. The van der Waals surface area contributed by atoms with E-state index in [-0.39, 0.29) is 17.7 Å². The molecule has 0 saturated carbocycles. The Bertz CT molecular complexity index is 588. The van der Waals surface area contributed by atoms with E-state index in [1.165, 1.54) is 6.07 Å². The molecule has 0 bridgehead atoms. The summed E-state index contributed by atoms with van der Waals surface area (Å²) in [7, 11) is 0. The van der Waals surface area contributed by atoms with E-state index in [1.54, 1.807) is 12.1 Å². The average molecular weight is 294 g/mol. The number of nitrogens with two attached hydrogens (primary N) is 1. The molecule has 20 heavy (non-hydrogen) atoms. The van der Waals surface area contributed by atoms with Crippen LogP contribution in [0.3, 0.4) is 0 Å². The van der Waals surface area contributed by atoms with Gasteiger partial charge in [0.1, 0.15) is 18.2 Å².